The van der Waals surface area contributed by atoms with E-state index in [1.807, 2.05) is 0 Å². The lowest BCUT2D eigenvalue weighted by Crippen LogP contribution is -2.18. The summed E-state index contributed by atoms with van der Waals surface area (Å²) in [7, 11) is 0. The van der Waals surface area contributed by atoms with E-state index < -0.39 is 0 Å². The van der Waals surface area contributed by atoms with E-state index in [1.165, 1.54) is 55.3 Å². The number of hydrogen-bond donors (Lipinski definition) is 0. The predicted octanol–water partition coefficient (Wildman–Crippen LogP) is 16.6. The van der Waals surface area contributed by atoms with Crippen molar-refractivity contribution >= 4 is 21.9 Å². The first-order chi connectivity index (χ1) is 33.1. The van der Waals surface area contributed by atoms with E-state index in [4.69, 9.17) is 28.4 Å². The molecule has 6 aromatic carbocycles. The molecule has 2 atom stereocenters. The second kappa shape index (κ2) is 19.9. The summed E-state index contributed by atoms with van der Waals surface area (Å²) in [6, 6.07) is 27.0. The van der Waals surface area contributed by atoms with Gasteiger partial charge in [0.05, 0.1) is 36.6 Å². The van der Waals surface area contributed by atoms with Gasteiger partial charge in [0.15, 0.2) is 0 Å². The molecule has 0 saturated carbocycles. The van der Waals surface area contributed by atoms with E-state index in [9.17, 15) is 0 Å². The molecule has 2 aliphatic carbocycles. The van der Waals surface area contributed by atoms with Crippen LogP contribution in [0.2, 0.25) is 0 Å². The Morgan fingerprint density at radius 1 is 0.343 bits per heavy atom. The highest BCUT2D eigenvalue weighted by molar-refractivity contribution is 6.12. The minimum Gasteiger partial charge on any atom is -0.491 e. The fourth-order valence-corrected chi connectivity index (χ4v) is 11.0. The molecular formula is C64H76O6. The number of benzene rings is 6. The van der Waals surface area contributed by atoms with E-state index in [2.05, 4.69) is 210 Å². The van der Waals surface area contributed by atoms with Crippen molar-refractivity contribution < 1.29 is 28.4 Å². The Labute approximate surface area is 419 Å². The SMILES string of the molecule is Cc1cc(C)c(C2=CC(c3c(C)cc(C)cc3OC(C)C)c3ccc4c5c(ccc2c35)C(c2c(C)cc(OC(C)C)cc2OC(C)C)C=C4c2c(C)cc(OC(C)C)cc2OC(C)C)c(OC(C)C)c1. The van der Waals surface area contributed by atoms with Crippen LogP contribution in [-0.2, 0) is 0 Å². The van der Waals surface area contributed by atoms with Gasteiger partial charge in [-0.15, -0.1) is 0 Å². The largest absolute Gasteiger partial charge is 0.491 e. The third kappa shape index (κ3) is 9.94. The highest BCUT2D eigenvalue weighted by Crippen LogP contribution is 2.56. The number of allylic oxidation sites excluding steroid dienone is 2. The maximum atomic E-state index is 6.86. The molecule has 0 radical (unpaired) electrons. The Kier molecular flexibility index (Phi) is 14.3. The molecule has 0 N–H and O–H groups in total. The van der Waals surface area contributed by atoms with E-state index in [-0.39, 0.29) is 48.5 Å². The maximum absolute atomic E-state index is 6.86. The lowest BCUT2D eigenvalue weighted by molar-refractivity contribution is 0.227. The van der Waals surface area contributed by atoms with Crippen LogP contribution < -0.4 is 28.4 Å². The van der Waals surface area contributed by atoms with Crippen LogP contribution in [0.1, 0.15) is 173 Å². The van der Waals surface area contributed by atoms with Crippen molar-refractivity contribution in [1.29, 1.82) is 0 Å². The van der Waals surface area contributed by atoms with Gasteiger partial charge in [-0.3, -0.25) is 0 Å². The molecule has 6 nitrogen and oxygen atoms in total. The summed E-state index contributed by atoms with van der Waals surface area (Å²) in [4.78, 5) is 0. The highest BCUT2D eigenvalue weighted by atomic mass is 16.5. The minimum absolute atomic E-state index is 0.00544. The Morgan fingerprint density at radius 2 is 0.671 bits per heavy atom. The van der Waals surface area contributed by atoms with Crippen molar-refractivity contribution in [3.05, 3.63) is 163 Å². The first-order valence-corrected chi connectivity index (χ1v) is 25.7. The van der Waals surface area contributed by atoms with Gasteiger partial charge in [-0.2, -0.15) is 0 Å². The average molecular weight is 941 g/mol. The van der Waals surface area contributed by atoms with Crippen LogP contribution in [0.5, 0.6) is 34.5 Å². The van der Waals surface area contributed by atoms with Crippen molar-refractivity contribution in [2.45, 2.75) is 173 Å². The Morgan fingerprint density at radius 3 is 1.11 bits per heavy atom. The Balaban J connectivity index is 1.55. The lowest BCUT2D eigenvalue weighted by Gasteiger charge is -2.35. The summed E-state index contributed by atoms with van der Waals surface area (Å²) in [5.74, 6) is 4.66. The monoisotopic (exact) mass is 941 g/mol. The summed E-state index contributed by atoms with van der Waals surface area (Å²) >= 11 is 0. The standard InChI is InChI=1S/C64H76O6/c1-33(2)65-45-27-43(17)61(57(29-45)69-37(9)10)53-32-54(62-44(18)28-46(66-34(3)4)30-58(62)70-38(11)12)50-22-20-48-52(60-42(16)24-40(14)26-56(60)68-36(7)8)31-51(47-19-21-49(53)64(50)63(47)48)59-41(15)23-39(13)25-55(59)67-35(5)6/h19-38,51,54H,1-18H3. The van der Waals surface area contributed by atoms with Crippen LogP contribution in [0.25, 0.3) is 21.9 Å². The third-order valence-corrected chi connectivity index (χ3v) is 13.0. The normalized spacial score (nSPS) is 15.4. The van der Waals surface area contributed by atoms with Gasteiger partial charge in [0.1, 0.15) is 34.5 Å². The number of hydrogen-bond acceptors (Lipinski definition) is 6. The Bertz CT molecular complexity index is 3030. The van der Waals surface area contributed by atoms with Crippen LogP contribution in [0.4, 0.5) is 0 Å². The molecule has 0 aromatic heterocycles. The number of aryl methyl sites for hydroxylation is 6. The van der Waals surface area contributed by atoms with E-state index in [0.717, 1.165) is 79.0 Å². The maximum Gasteiger partial charge on any atom is 0.131 e. The highest BCUT2D eigenvalue weighted by Gasteiger charge is 2.37. The molecule has 6 heteroatoms. The van der Waals surface area contributed by atoms with E-state index in [0.29, 0.717) is 0 Å². The second-order valence-electron chi connectivity index (χ2n) is 21.5. The smallest absolute Gasteiger partial charge is 0.131 e. The molecule has 0 heterocycles. The number of ether oxygens (including phenoxy) is 6. The molecule has 0 spiro atoms. The molecule has 0 bridgehead atoms. The topological polar surface area (TPSA) is 55.4 Å². The molecule has 0 fully saturated rings. The van der Waals surface area contributed by atoms with Crippen LogP contribution >= 0.6 is 0 Å². The molecule has 368 valence electrons. The zero-order valence-electron chi connectivity index (χ0n) is 45.2. The van der Waals surface area contributed by atoms with Crippen molar-refractivity contribution in [2.75, 3.05) is 0 Å². The van der Waals surface area contributed by atoms with E-state index >= 15 is 0 Å². The van der Waals surface area contributed by atoms with Gasteiger partial charge in [0.25, 0.3) is 0 Å². The lowest BCUT2D eigenvalue weighted by atomic mass is 9.69. The van der Waals surface area contributed by atoms with Gasteiger partial charge < -0.3 is 28.4 Å². The summed E-state index contributed by atoms with van der Waals surface area (Å²) in [6.45, 7) is 38.3. The van der Waals surface area contributed by atoms with Crippen molar-refractivity contribution in [1.82, 2.24) is 0 Å². The van der Waals surface area contributed by atoms with Crippen molar-refractivity contribution in [3.8, 4) is 34.5 Å². The van der Waals surface area contributed by atoms with Gasteiger partial charge in [0.2, 0.25) is 0 Å². The molecule has 6 aromatic rings. The quantitative estimate of drug-likeness (QED) is 0.0964. The first-order valence-electron chi connectivity index (χ1n) is 25.7. The van der Waals surface area contributed by atoms with Crippen LogP contribution in [-0.4, -0.2) is 36.6 Å². The first kappa shape index (κ1) is 50.3. The summed E-state index contributed by atoms with van der Waals surface area (Å²) in [5, 5.41) is 2.45. The summed E-state index contributed by atoms with van der Waals surface area (Å²) in [6.07, 6.45) is 4.80. The van der Waals surface area contributed by atoms with Crippen LogP contribution in [0, 0.1) is 41.5 Å². The molecule has 0 saturated heterocycles. The Hall–Kier alpha value is -6.14. The summed E-state index contributed by atoms with van der Waals surface area (Å²) < 4.78 is 40.1. The molecular weight excluding hydrogens is 865 g/mol. The van der Waals surface area contributed by atoms with E-state index in [1.54, 1.807) is 0 Å². The van der Waals surface area contributed by atoms with Crippen molar-refractivity contribution in [3.63, 3.8) is 0 Å². The zero-order chi connectivity index (χ0) is 50.6. The number of rotatable bonds is 16. The average Bonchev–Trinajstić information content (AvgIpc) is 3.21. The molecule has 2 unspecified atom stereocenters. The molecule has 0 aliphatic heterocycles. The van der Waals surface area contributed by atoms with Gasteiger partial charge in [-0.05, 0) is 226 Å². The second-order valence-corrected chi connectivity index (χ2v) is 21.5. The van der Waals surface area contributed by atoms with Gasteiger partial charge in [-0.1, -0.05) is 48.6 Å². The minimum atomic E-state index is -0.207. The van der Waals surface area contributed by atoms with Crippen LogP contribution in [0.15, 0.2) is 84.9 Å². The molecule has 0 amide bonds. The fourth-order valence-electron chi connectivity index (χ4n) is 11.0. The molecule has 8 rings (SSSR count). The van der Waals surface area contributed by atoms with Crippen molar-refractivity contribution in [2.24, 2.45) is 0 Å². The van der Waals surface area contributed by atoms with Gasteiger partial charge in [-0.25, -0.2) is 0 Å². The van der Waals surface area contributed by atoms with Gasteiger partial charge >= 0.3 is 0 Å². The van der Waals surface area contributed by atoms with Gasteiger partial charge in [0, 0.05) is 46.2 Å². The zero-order valence-corrected chi connectivity index (χ0v) is 45.2. The summed E-state index contributed by atoms with van der Waals surface area (Å²) in [5.41, 5.74) is 18.4. The third-order valence-electron chi connectivity index (χ3n) is 13.0. The fraction of sp³-hybridized carbons (Fsp3) is 0.406. The predicted molar refractivity (Wildman–Crippen MR) is 291 cm³/mol. The molecule has 2 aliphatic rings. The molecule has 70 heavy (non-hydrogen) atoms. The van der Waals surface area contributed by atoms with Crippen LogP contribution in [0.3, 0.4) is 0 Å².